The van der Waals surface area contributed by atoms with E-state index in [1.807, 2.05) is 0 Å². The average molecular weight is 353 g/mol. The molecule has 138 valence electrons. The van der Waals surface area contributed by atoms with Gasteiger partial charge in [-0.15, -0.1) is 0 Å². The lowest BCUT2D eigenvalue weighted by atomic mass is 10.1. The van der Waals surface area contributed by atoms with Crippen LogP contribution in [0.1, 0.15) is 34.5 Å². The minimum absolute atomic E-state index is 0.306. The SMILES string of the molecule is O=C(O)c1ccnc(CCN[C@@H]2CCN(CCCc3ccccc3)C2)c1. The van der Waals surface area contributed by atoms with Crippen LogP contribution in [-0.4, -0.2) is 53.2 Å². The van der Waals surface area contributed by atoms with E-state index in [0.717, 1.165) is 44.7 Å². The Morgan fingerprint density at radius 3 is 2.88 bits per heavy atom. The van der Waals surface area contributed by atoms with Gasteiger partial charge in [0.2, 0.25) is 0 Å². The molecule has 5 nitrogen and oxygen atoms in total. The van der Waals surface area contributed by atoms with Gasteiger partial charge >= 0.3 is 5.97 Å². The number of carbonyl (C=O) groups is 1. The van der Waals surface area contributed by atoms with E-state index in [4.69, 9.17) is 5.11 Å². The van der Waals surface area contributed by atoms with Crippen molar-refractivity contribution >= 4 is 5.97 Å². The normalized spacial score (nSPS) is 17.5. The van der Waals surface area contributed by atoms with Crippen molar-refractivity contribution in [2.45, 2.75) is 31.7 Å². The lowest BCUT2D eigenvalue weighted by Crippen LogP contribution is -2.34. The number of carboxylic acids is 1. The summed E-state index contributed by atoms with van der Waals surface area (Å²) in [5.41, 5.74) is 2.55. The van der Waals surface area contributed by atoms with Crippen LogP contribution in [0.3, 0.4) is 0 Å². The number of likely N-dealkylation sites (tertiary alicyclic amines) is 1. The molecule has 5 heteroatoms. The third kappa shape index (κ3) is 5.64. The molecule has 2 heterocycles. The molecule has 2 N–H and O–H groups in total. The second-order valence-electron chi connectivity index (χ2n) is 6.92. The van der Waals surface area contributed by atoms with Crippen LogP contribution in [-0.2, 0) is 12.8 Å². The maximum absolute atomic E-state index is 11.0. The maximum Gasteiger partial charge on any atom is 0.335 e. The number of aromatic nitrogens is 1. The third-order valence-corrected chi connectivity index (χ3v) is 4.93. The van der Waals surface area contributed by atoms with Gasteiger partial charge in [0, 0.05) is 37.4 Å². The van der Waals surface area contributed by atoms with Crippen LogP contribution in [0.15, 0.2) is 48.7 Å². The highest BCUT2D eigenvalue weighted by atomic mass is 16.4. The second kappa shape index (κ2) is 9.46. The molecule has 2 aromatic rings. The van der Waals surface area contributed by atoms with Crippen LogP contribution in [0.5, 0.6) is 0 Å². The molecule has 1 aliphatic heterocycles. The highest BCUT2D eigenvalue weighted by Crippen LogP contribution is 2.11. The second-order valence-corrected chi connectivity index (χ2v) is 6.92. The predicted molar refractivity (Wildman–Crippen MR) is 103 cm³/mol. The summed E-state index contributed by atoms with van der Waals surface area (Å²) in [6.45, 7) is 4.23. The van der Waals surface area contributed by atoms with Gasteiger partial charge in [-0.05, 0) is 50.0 Å². The van der Waals surface area contributed by atoms with E-state index in [9.17, 15) is 4.79 Å². The lowest BCUT2D eigenvalue weighted by Gasteiger charge is -2.16. The molecule has 0 unspecified atom stereocenters. The summed E-state index contributed by atoms with van der Waals surface area (Å²) in [7, 11) is 0. The Balaban J connectivity index is 1.33. The molecule has 1 aromatic heterocycles. The average Bonchev–Trinajstić information content (AvgIpc) is 3.10. The fourth-order valence-corrected chi connectivity index (χ4v) is 3.51. The first-order valence-electron chi connectivity index (χ1n) is 9.38. The molecule has 1 aliphatic rings. The summed E-state index contributed by atoms with van der Waals surface area (Å²) >= 11 is 0. The number of rotatable bonds is 9. The van der Waals surface area contributed by atoms with Gasteiger partial charge in [-0.25, -0.2) is 4.79 Å². The number of hydrogen-bond donors (Lipinski definition) is 2. The molecule has 1 aromatic carbocycles. The van der Waals surface area contributed by atoms with E-state index >= 15 is 0 Å². The van der Waals surface area contributed by atoms with Gasteiger partial charge in [-0.2, -0.15) is 0 Å². The summed E-state index contributed by atoms with van der Waals surface area (Å²) in [6, 6.07) is 14.4. The smallest absolute Gasteiger partial charge is 0.335 e. The number of aromatic carboxylic acids is 1. The van der Waals surface area contributed by atoms with Crippen LogP contribution < -0.4 is 5.32 Å². The van der Waals surface area contributed by atoms with E-state index < -0.39 is 5.97 Å². The lowest BCUT2D eigenvalue weighted by molar-refractivity contribution is 0.0696. The zero-order chi connectivity index (χ0) is 18.2. The first kappa shape index (κ1) is 18.5. The van der Waals surface area contributed by atoms with E-state index in [2.05, 4.69) is 45.5 Å². The van der Waals surface area contributed by atoms with Crippen molar-refractivity contribution < 1.29 is 9.90 Å². The summed E-state index contributed by atoms with van der Waals surface area (Å²) in [5, 5.41) is 12.6. The van der Waals surface area contributed by atoms with E-state index in [1.165, 1.54) is 24.5 Å². The molecule has 1 fully saturated rings. The van der Waals surface area contributed by atoms with Crippen molar-refractivity contribution in [2.24, 2.45) is 0 Å². The number of carboxylic acid groups (broad SMARTS) is 1. The number of aryl methyl sites for hydroxylation is 1. The minimum Gasteiger partial charge on any atom is -0.478 e. The van der Waals surface area contributed by atoms with Crippen molar-refractivity contribution in [1.82, 2.24) is 15.2 Å². The Bertz CT molecular complexity index is 705. The molecule has 1 atom stereocenters. The first-order valence-corrected chi connectivity index (χ1v) is 9.38. The Morgan fingerprint density at radius 1 is 1.23 bits per heavy atom. The Morgan fingerprint density at radius 2 is 2.08 bits per heavy atom. The van der Waals surface area contributed by atoms with Crippen molar-refractivity contribution in [2.75, 3.05) is 26.2 Å². The van der Waals surface area contributed by atoms with Crippen LogP contribution >= 0.6 is 0 Å². The highest BCUT2D eigenvalue weighted by molar-refractivity contribution is 5.87. The van der Waals surface area contributed by atoms with E-state index in [1.54, 1.807) is 12.3 Å². The fourth-order valence-electron chi connectivity index (χ4n) is 3.51. The monoisotopic (exact) mass is 353 g/mol. The van der Waals surface area contributed by atoms with Crippen LogP contribution in [0.4, 0.5) is 0 Å². The third-order valence-electron chi connectivity index (χ3n) is 4.93. The standard InChI is InChI=1S/C21H27N3O2/c25-21(26)18-8-11-22-19(15-18)9-12-23-20-10-14-24(16-20)13-4-7-17-5-2-1-3-6-17/h1-3,5-6,8,11,15,20,23H,4,7,9-10,12-14,16H2,(H,25,26)/t20-/m1/s1. The molecule has 0 spiro atoms. The Hall–Kier alpha value is -2.24. The number of benzene rings is 1. The largest absolute Gasteiger partial charge is 0.478 e. The summed E-state index contributed by atoms with van der Waals surface area (Å²) in [5.74, 6) is -0.899. The Kier molecular flexibility index (Phi) is 6.75. The van der Waals surface area contributed by atoms with Gasteiger partial charge in [-0.1, -0.05) is 30.3 Å². The van der Waals surface area contributed by atoms with Gasteiger partial charge in [-0.3, -0.25) is 4.98 Å². The van der Waals surface area contributed by atoms with Gasteiger partial charge in [0.15, 0.2) is 0 Å². The minimum atomic E-state index is -0.899. The van der Waals surface area contributed by atoms with Crippen molar-refractivity contribution in [1.29, 1.82) is 0 Å². The van der Waals surface area contributed by atoms with E-state index in [0.29, 0.717) is 11.6 Å². The molecule has 26 heavy (non-hydrogen) atoms. The number of nitrogens with one attached hydrogen (secondary N) is 1. The molecule has 3 rings (SSSR count). The zero-order valence-corrected chi connectivity index (χ0v) is 15.1. The molecule has 0 radical (unpaired) electrons. The number of nitrogens with zero attached hydrogens (tertiary/aromatic N) is 2. The van der Waals surface area contributed by atoms with Crippen LogP contribution in [0.2, 0.25) is 0 Å². The summed E-state index contributed by atoms with van der Waals surface area (Å²) in [6.07, 6.45) is 5.84. The van der Waals surface area contributed by atoms with Crippen molar-refractivity contribution in [3.05, 3.63) is 65.5 Å². The van der Waals surface area contributed by atoms with Crippen LogP contribution in [0.25, 0.3) is 0 Å². The highest BCUT2D eigenvalue weighted by Gasteiger charge is 2.21. The fraction of sp³-hybridized carbons (Fsp3) is 0.429. The predicted octanol–water partition coefficient (Wildman–Crippen LogP) is 2.62. The quantitative estimate of drug-likeness (QED) is 0.725. The molecular weight excluding hydrogens is 326 g/mol. The zero-order valence-electron chi connectivity index (χ0n) is 15.1. The van der Waals surface area contributed by atoms with Gasteiger partial charge < -0.3 is 15.3 Å². The van der Waals surface area contributed by atoms with Crippen LogP contribution in [0, 0.1) is 0 Å². The first-order chi connectivity index (χ1) is 12.7. The maximum atomic E-state index is 11.0. The Labute approximate surface area is 155 Å². The summed E-state index contributed by atoms with van der Waals surface area (Å²) < 4.78 is 0. The molecule has 0 saturated carbocycles. The molecule has 0 aliphatic carbocycles. The number of hydrogen-bond acceptors (Lipinski definition) is 4. The number of pyridine rings is 1. The van der Waals surface area contributed by atoms with Gasteiger partial charge in [0.25, 0.3) is 0 Å². The molecule has 0 bridgehead atoms. The van der Waals surface area contributed by atoms with Gasteiger partial charge in [0.05, 0.1) is 5.56 Å². The van der Waals surface area contributed by atoms with E-state index in [-0.39, 0.29) is 0 Å². The molecular formula is C21H27N3O2. The summed E-state index contributed by atoms with van der Waals surface area (Å²) in [4.78, 5) is 17.8. The molecule has 1 saturated heterocycles. The van der Waals surface area contributed by atoms with Crippen molar-refractivity contribution in [3.63, 3.8) is 0 Å². The molecule has 0 amide bonds. The van der Waals surface area contributed by atoms with Gasteiger partial charge in [0.1, 0.15) is 0 Å². The van der Waals surface area contributed by atoms with Crippen molar-refractivity contribution in [3.8, 4) is 0 Å². The topological polar surface area (TPSA) is 65.5 Å².